The predicted octanol–water partition coefficient (Wildman–Crippen LogP) is 1.75. The van der Waals surface area contributed by atoms with Crippen molar-refractivity contribution in [2.75, 3.05) is 18.5 Å². The standard InChI is InChI=1S/C17H22N2O3/c1-11-12(2)22-9-8-19(11)17(21)16(20)18-15-7-6-13-4-3-5-14(13)10-15/h6-7,10-12H,3-5,8-9H2,1-2H3,(H,18,20)/t11-,12-/m1/s1. The highest BCUT2D eigenvalue weighted by atomic mass is 16.5. The van der Waals surface area contributed by atoms with Crippen LogP contribution in [0, 0.1) is 0 Å². The largest absolute Gasteiger partial charge is 0.375 e. The number of benzene rings is 1. The van der Waals surface area contributed by atoms with E-state index in [1.807, 2.05) is 32.0 Å². The Labute approximate surface area is 130 Å². The number of rotatable bonds is 1. The van der Waals surface area contributed by atoms with Crippen LogP contribution in [0.5, 0.6) is 0 Å². The van der Waals surface area contributed by atoms with Crippen LogP contribution in [0.3, 0.4) is 0 Å². The summed E-state index contributed by atoms with van der Waals surface area (Å²) in [6.07, 6.45) is 3.26. The highest BCUT2D eigenvalue weighted by Gasteiger charge is 2.32. The number of nitrogens with zero attached hydrogens (tertiary/aromatic N) is 1. The van der Waals surface area contributed by atoms with E-state index in [1.54, 1.807) is 4.90 Å². The van der Waals surface area contributed by atoms with Crippen LogP contribution in [0.25, 0.3) is 0 Å². The summed E-state index contributed by atoms with van der Waals surface area (Å²) in [6.45, 7) is 4.76. The van der Waals surface area contributed by atoms with Gasteiger partial charge in [-0.25, -0.2) is 0 Å². The normalized spacial score (nSPS) is 24.0. The van der Waals surface area contributed by atoms with Crippen molar-refractivity contribution in [3.8, 4) is 0 Å². The van der Waals surface area contributed by atoms with E-state index in [9.17, 15) is 9.59 Å². The van der Waals surface area contributed by atoms with Gasteiger partial charge in [-0.15, -0.1) is 0 Å². The fourth-order valence-electron chi connectivity index (χ4n) is 3.18. The van der Waals surface area contributed by atoms with Crippen LogP contribution < -0.4 is 5.32 Å². The topological polar surface area (TPSA) is 58.6 Å². The average molecular weight is 302 g/mol. The van der Waals surface area contributed by atoms with Gasteiger partial charge in [-0.05, 0) is 56.4 Å². The number of hydrogen-bond donors (Lipinski definition) is 1. The molecule has 1 aromatic carbocycles. The molecule has 2 atom stereocenters. The Kier molecular flexibility index (Phi) is 4.16. The van der Waals surface area contributed by atoms with Crippen molar-refractivity contribution in [1.29, 1.82) is 0 Å². The van der Waals surface area contributed by atoms with Gasteiger partial charge in [0.15, 0.2) is 0 Å². The van der Waals surface area contributed by atoms with E-state index in [4.69, 9.17) is 4.74 Å². The van der Waals surface area contributed by atoms with Gasteiger partial charge in [-0.1, -0.05) is 6.07 Å². The maximum Gasteiger partial charge on any atom is 0.313 e. The summed E-state index contributed by atoms with van der Waals surface area (Å²) in [5, 5.41) is 2.73. The highest BCUT2D eigenvalue weighted by Crippen LogP contribution is 2.25. The molecule has 1 aromatic rings. The first-order valence-electron chi connectivity index (χ1n) is 7.91. The van der Waals surface area contributed by atoms with Gasteiger partial charge in [0.1, 0.15) is 0 Å². The lowest BCUT2D eigenvalue weighted by molar-refractivity contribution is -0.152. The molecule has 1 fully saturated rings. The molecular formula is C17H22N2O3. The molecule has 0 radical (unpaired) electrons. The fraction of sp³-hybridized carbons (Fsp3) is 0.529. The molecule has 1 aliphatic heterocycles. The number of hydrogen-bond acceptors (Lipinski definition) is 3. The quantitative estimate of drug-likeness (QED) is 0.804. The van der Waals surface area contributed by atoms with Gasteiger partial charge in [0.2, 0.25) is 0 Å². The monoisotopic (exact) mass is 302 g/mol. The minimum absolute atomic E-state index is 0.0505. The maximum atomic E-state index is 12.4. The van der Waals surface area contributed by atoms with Crippen LogP contribution in [-0.4, -0.2) is 42.0 Å². The Bertz CT molecular complexity index is 600. The van der Waals surface area contributed by atoms with Crippen LogP contribution in [0.4, 0.5) is 5.69 Å². The lowest BCUT2D eigenvalue weighted by Gasteiger charge is -2.37. The first-order chi connectivity index (χ1) is 10.6. The molecule has 5 nitrogen and oxygen atoms in total. The lowest BCUT2D eigenvalue weighted by atomic mass is 10.1. The molecule has 1 heterocycles. The zero-order chi connectivity index (χ0) is 15.7. The van der Waals surface area contributed by atoms with Crippen molar-refractivity contribution >= 4 is 17.5 Å². The Morgan fingerprint density at radius 2 is 2.00 bits per heavy atom. The third-order valence-electron chi connectivity index (χ3n) is 4.70. The van der Waals surface area contributed by atoms with E-state index in [-0.39, 0.29) is 12.1 Å². The number of carbonyl (C=O) groups is 2. The molecule has 3 rings (SSSR count). The third kappa shape index (κ3) is 2.86. The van der Waals surface area contributed by atoms with Gasteiger partial charge in [-0.3, -0.25) is 9.59 Å². The zero-order valence-electron chi connectivity index (χ0n) is 13.1. The number of aryl methyl sites for hydroxylation is 2. The van der Waals surface area contributed by atoms with Gasteiger partial charge < -0.3 is 15.0 Å². The number of amides is 2. The van der Waals surface area contributed by atoms with Crippen LogP contribution in [0.2, 0.25) is 0 Å². The summed E-state index contributed by atoms with van der Waals surface area (Å²) in [7, 11) is 0. The number of ether oxygens (including phenoxy) is 1. The van der Waals surface area contributed by atoms with Crippen LogP contribution >= 0.6 is 0 Å². The molecule has 0 bridgehead atoms. The van der Waals surface area contributed by atoms with Crippen molar-refractivity contribution in [1.82, 2.24) is 4.90 Å². The van der Waals surface area contributed by atoms with E-state index in [2.05, 4.69) is 5.32 Å². The summed E-state index contributed by atoms with van der Waals surface area (Å²) < 4.78 is 5.49. The molecule has 2 aliphatic rings. The van der Waals surface area contributed by atoms with Gasteiger partial charge in [0.25, 0.3) is 0 Å². The Morgan fingerprint density at radius 3 is 2.82 bits per heavy atom. The summed E-state index contributed by atoms with van der Waals surface area (Å²) in [5.74, 6) is -1.05. The van der Waals surface area contributed by atoms with E-state index in [0.717, 1.165) is 19.3 Å². The second kappa shape index (κ2) is 6.08. The first-order valence-corrected chi connectivity index (χ1v) is 7.91. The van der Waals surface area contributed by atoms with Crippen molar-refractivity contribution in [2.24, 2.45) is 0 Å². The fourth-order valence-corrected chi connectivity index (χ4v) is 3.18. The zero-order valence-corrected chi connectivity index (χ0v) is 13.1. The smallest absolute Gasteiger partial charge is 0.313 e. The Hall–Kier alpha value is -1.88. The minimum Gasteiger partial charge on any atom is -0.375 e. The Balaban J connectivity index is 1.67. The lowest BCUT2D eigenvalue weighted by Crippen LogP contribution is -2.54. The third-order valence-corrected chi connectivity index (χ3v) is 4.70. The van der Waals surface area contributed by atoms with E-state index >= 15 is 0 Å². The van der Waals surface area contributed by atoms with Crippen molar-refractivity contribution in [3.63, 3.8) is 0 Å². The van der Waals surface area contributed by atoms with Gasteiger partial charge in [0, 0.05) is 12.2 Å². The number of fused-ring (bicyclic) bond motifs is 1. The van der Waals surface area contributed by atoms with Gasteiger partial charge in [-0.2, -0.15) is 0 Å². The molecule has 1 saturated heterocycles. The molecular weight excluding hydrogens is 280 g/mol. The maximum absolute atomic E-state index is 12.4. The van der Waals surface area contributed by atoms with Crippen molar-refractivity contribution in [2.45, 2.75) is 45.3 Å². The summed E-state index contributed by atoms with van der Waals surface area (Å²) >= 11 is 0. The molecule has 5 heteroatoms. The van der Waals surface area contributed by atoms with Gasteiger partial charge in [0.05, 0.1) is 18.8 Å². The molecule has 1 aliphatic carbocycles. The summed E-state index contributed by atoms with van der Waals surface area (Å²) in [5.41, 5.74) is 3.33. The Morgan fingerprint density at radius 1 is 1.23 bits per heavy atom. The number of anilines is 1. The summed E-state index contributed by atoms with van der Waals surface area (Å²) in [6, 6.07) is 5.81. The van der Waals surface area contributed by atoms with Gasteiger partial charge >= 0.3 is 11.8 Å². The predicted molar refractivity (Wildman–Crippen MR) is 83.7 cm³/mol. The van der Waals surface area contributed by atoms with E-state index in [1.165, 1.54) is 11.1 Å². The molecule has 0 saturated carbocycles. The number of morpholine rings is 1. The molecule has 22 heavy (non-hydrogen) atoms. The van der Waals surface area contributed by atoms with E-state index < -0.39 is 11.8 Å². The van der Waals surface area contributed by atoms with Crippen LogP contribution in [0.15, 0.2) is 18.2 Å². The average Bonchev–Trinajstić information content (AvgIpc) is 2.97. The molecule has 2 amide bonds. The second-order valence-electron chi connectivity index (χ2n) is 6.11. The summed E-state index contributed by atoms with van der Waals surface area (Å²) in [4.78, 5) is 26.2. The van der Waals surface area contributed by atoms with Crippen molar-refractivity contribution in [3.05, 3.63) is 29.3 Å². The van der Waals surface area contributed by atoms with Crippen LogP contribution in [-0.2, 0) is 27.2 Å². The second-order valence-corrected chi connectivity index (χ2v) is 6.11. The highest BCUT2D eigenvalue weighted by molar-refractivity contribution is 6.39. The van der Waals surface area contributed by atoms with Crippen LogP contribution in [0.1, 0.15) is 31.4 Å². The number of carbonyl (C=O) groups excluding carboxylic acids is 2. The molecule has 1 N–H and O–H groups in total. The first kappa shape index (κ1) is 15.0. The molecule has 0 spiro atoms. The van der Waals surface area contributed by atoms with E-state index in [0.29, 0.717) is 18.8 Å². The number of nitrogens with one attached hydrogen (secondary N) is 1. The minimum atomic E-state index is -0.570. The SMILES string of the molecule is C[C@@H]1[C@@H](C)OCCN1C(=O)C(=O)Nc1ccc2c(c1)CCC2. The molecule has 0 unspecified atom stereocenters. The molecule has 118 valence electrons. The molecule has 0 aromatic heterocycles. The van der Waals surface area contributed by atoms with Crippen molar-refractivity contribution < 1.29 is 14.3 Å².